The molecule has 1 saturated heterocycles. The Morgan fingerprint density at radius 2 is 2.00 bits per heavy atom. The average molecular weight is 253 g/mol. The first-order chi connectivity index (χ1) is 9.40. The average Bonchev–Trinajstić information content (AvgIpc) is 3.20. The summed E-state index contributed by atoms with van der Waals surface area (Å²) in [5, 5.41) is 6.14. The van der Waals surface area contributed by atoms with Gasteiger partial charge in [0.1, 0.15) is 5.82 Å². The van der Waals surface area contributed by atoms with Crippen LogP contribution in [-0.2, 0) is 0 Å². The van der Waals surface area contributed by atoms with E-state index in [1.165, 1.54) is 43.1 Å². The molecule has 3 heteroatoms. The standard InChI is InChI=1S/C16H19N3/c1-2-4-15-12(3-1)7-9-17-16(15)18-13-8-10-19(11-13)14-5-6-14/h1-4,7,9,13-14H,5-6,8,10-11H2,(H,17,18). The van der Waals surface area contributed by atoms with Gasteiger partial charge in [-0.3, -0.25) is 4.90 Å². The summed E-state index contributed by atoms with van der Waals surface area (Å²) in [6.07, 6.45) is 5.94. The third kappa shape index (κ3) is 2.19. The van der Waals surface area contributed by atoms with Crippen LogP contribution in [0.25, 0.3) is 10.8 Å². The van der Waals surface area contributed by atoms with Crippen molar-refractivity contribution in [1.29, 1.82) is 0 Å². The molecular weight excluding hydrogens is 234 g/mol. The quantitative estimate of drug-likeness (QED) is 0.911. The molecule has 1 atom stereocenters. The molecule has 98 valence electrons. The fourth-order valence-corrected chi connectivity index (χ4v) is 3.10. The Bertz CT molecular complexity index is 586. The van der Waals surface area contributed by atoms with Crippen molar-refractivity contribution in [1.82, 2.24) is 9.88 Å². The molecule has 2 fully saturated rings. The molecule has 2 aliphatic rings. The van der Waals surface area contributed by atoms with Crippen LogP contribution in [0.5, 0.6) is 0 Å². The van der Waals surface area contributed by atoms with Crippen LogP contribution in [0.1, 0.15) is 19.3 Å². The lowest BCUT2D eigenvalue weighted by molar-refractivity contribution is 0.326. The molecule has 1 aromatic heterocycles. The van der Waals surface area contributed by atoms with Gasteiger partial charge in [-0.15, -0.1) is 0 Å². The van der Waals surface area contributed by atoms with Gasteiger partial charge in [0.25, 0.3) is 0 Å². The predicted octanol–water partition coefficient (Wildman–Crippen LogP) is 2.88. The van der Waals surface area contributed by atoms with E-state index in [1.54, 1.807) is 0 Å². The van der Waals surface area contributed by atoms with Crippen LogP contribution in [0.3, 0.4) is 0 Å². The van der Waals surface area contributed by atoms with Crippen molar-refractivity contribution in [3.05, 3.63) is 36.5 Å². The molecule has 4 rings (SSSR count). The predicted molar refractivity (Wildman–Crippen MR) is 78.4 cm³/mol. The second-order valence-corrected chi connectivity index (χ2v) is 5.74. The van der Waals surface area contributed by atoms with E-state index in [1.807, 2.05) is 6.20 Å². The number of nitrogens with one attached hydrogen (secondary N) is 1. The van der Waals surface area contributed by atoms with Crippen molar-refractivity contribution in [2.24, 2.45) is 0 Å². The first-order valence-corrected chi connectivity index (χ1v) is 7.24. The van der Waals surface area contributed by atoms with Crippen molar-refractivity contribution in [2.75, 3.05) is 18.4 Å². The Balaban J connectivity index is 1.55. The molecular formula is C16H19N3. The van der Waals surface area contributed by atoms with Crippen molar-refractivity contribution >= 4 is 16.6 Å². The highest BCUT2D eigenvalue weighted by molar-refractivity contribution is 5.91. The van der Waals surface area contributed by atoms with Gasteiger partial charge in [0.05, 0.1) is 0 Å². The fourth-order valence-electron chi connectivity index (χ4n) is 3.10. The minimum absolute atomic E-state index is 0.555. The Morgan fingerprint density at radius 1 is 1.11 bits per heavy atom. The number of fused-ring (bicyclic) bond motifs is 1. The van der Waals surface area contributed by atoms with Crippen LogP contribution < -0.4 is 5.32 Å². The largest absolute Gasteiger partial charge is 0.365 e. The number of nitrogens with zero attached hydrogens (tertiary/aromatic N) is 2. The molecule has 1 aliphatic heterocycles. The zero-order valence-corrected chi connectivity index (χ0v) is 11.0. The molecule has 2 heterocycles. The van der Waals surface area contributed by atoms with E-state index in [9.17, 15) is 0 Å². The summed E-state index contributed by atoms with van der Waals surface area (Å²) in [7, 11) is 0. The van der Waals surface area contributed by atoms with E-state index in [2.05, 4.69) is 45.5 Å². The summed E-state index contributed by atoms with van der Waals surface area (Å²) in [4.78, 5) is 7.15. The van der Waals surface area contributed by atoms with Gasteiger partial charge in [0.15, 0.2) is 0 Å². The lowest BCUT2D eigenvalue weighted by Gasteiger charge is -2.17. The molecule has 1 aromatic carbocycles. The molecule has 3 nitrogen and oxygen atoms in total. The highest BCUT2D eigenvalue weighted by Crippen LogP contribution is 2.31. The minimum atomic E-state index is 0.555. The maximum absolute atomic E-state index is 4.53. The van der Waals surface area contributed by atoms with Gasteiger partial charge in [-0.1, -0.05) is 24.3 Å². The number of pyridine rings is 1. The SMILES string of the molecule is c1ccc2c(NC3CCN(C4CC4)C3)nccc2c1. The molecule has 2 aromatic rings. The molecule has 19 heavy (non-hydrogen) atoms. The van der Waals surface area contributed by atoms with Crippen molar-refractivity contribution in [3.63, 3.8) is 0 Å². The zero-order chi connectivity index (χ0) is 12.7. The first-order valence-electron chi connectivity index (χ1n) is 7.24. The third-order valence-electron chi connectivity index (χ3n) is 4.30. The summed E-state index contributed by atoms with van der Waals surface area (Å²) >= 11 is 0. The lowest BCUT2D eigenvalue weighted by Crippen LogP contribution is -2.28. The number of hydrogen-bond acceptors (Lipinski definition) is 3. The van der Waals surface area contributed by atoms with Crippen molar-refractivity contribution < 1.29 is 0 Å². The summed E-state index contributed by atoms with van der Waals surface area (Å²) < 4.78 is 0. The van der Waals surface area contributed by atoms with Crippen LogP contribution in [-0.4, -0.2) is 35.1 Å². The normalized spacial score (nSPS) is 23.9. The minimum Gasteiger partial charge on any atom is -0.365 e. The van der Waals surface area contributed by atoms with Gasteiger partial charge in [0.2, 0.25) is 0 Å². The fraction of sp³-hybridized carbons (Fsp3) is 0.438. The van der Waals surface area contributed by atoms with Crippen LogP contribution in [0.15, 0.2) is 36.5 Å². The number of likely N-dealkylation sites (tertiary alicyclic amines) is 1. The molecule has 1 unspecified atom stereocenters. The van der Waals surface area contributed by atoms with E-state index in [0.29, 0.717) is 6.04 Å². The second-order valence-electron chi connectivity index (χ2n) is 5.74. The molecule has 0 radical (unpaired) electrons. The Morgan fingerprint density at radius 3 is 2.89 bits per heavy atom. The summed E-state index contributed by atoms with van der Waals surface area (Å²) in [6.45, 7) is 2.42. The topological polar surface area (TPSA) is 28.2 Å². The summed E-state index contributed by atoms with van der Waals surface area (Å²) in [5.41, 5.74) is 0. The molecule has 0 bridgehead atoms. The van der Waals surface area contributed by atoms with Gasteiger partial charge in [0, 0.05) is 36.8 Å². The Hall–Kier alpha value is -1.61. The first kappa shape index (κ1) is 11.2. The highest BCUT2D eigenvalue weighted by Gasteiger charge is 2.34. The van der Waals surface area contributed by atoms with E-state index < -0.39 is 0 Å². The van der Waals surface area contributed by atoms with Crippen LogP contribution >= 0.6 is 0 Å². The van der Waals surface area contributed by atoms with Crippen molar-refractivity contribution in [2.45, 2.75) is 31.3 Å². The van der Waals surface area contributed by atoms with Gasteiger partial charge in [-0.2, -0.15) is 0 Å². The van der Waals surface area contributed by atoms with E-state index in [4.69, 9.17) is 0 Å². The van der Waals surface area contributed by atoms with Crippen LogP contribution in [0, 0.1) is 0 Å². The van der Waals surface area contributed by atoms with Gasteiger partial charge >= 0.3 is 0 Å². The number of hydrogen-bond donors (Lipinski definition) is 1. The van der Waals surface area contributed by atoms with E-state index in [0.717, 1.165) is 11.9 Å². The van der Waals surface area contributed by atoms with E-state index in [-0.39, 0.29) is 0 Å². The van der Waals surface area contributed by atoms with Crippen molar-refractivity contribution in [3.8, 4) is 0 Å². The van der Waals surface area contributed by atoms with Gasteiger partial charge in [-0.05, 0) is 30.7 Å². The van der Waals surface area contributed by atoms with Gasteiger partial charge < -0.3 is 5.32 Å². The number of rotatable bonds is 3. The molecule has 0 amide bonds. The smallest absolute Gasteiger partial charge is 0.134 e. The zero-order valence-electron chi connectivity index (χ0n) is 11.0. The maximum atomic E-state index is 4.53. The van der Waals surface area contributed by atoms with Crippen LogP contribution in [0.2, 0.25) is 0 Å². The van der Waals surface area contributed by atoms with Gasteiger partial charge in [-0.25, -0.2) is 4.98 Å². The third-order valence-corrected chi connectivity index (χ3v) is 4.30. The number of aromatic nitrogens is 1. The number of benzene rings is 1. The van der Waals surface area contributed by atoms with Crippen LogP contribution in [0.4, 0.5) is 5.82 Å². The summed E-state index contributed by atoms with van der Waals surface area (Å²) in [5.74, 6) is 1.04. The molecule has 1 N–H and O–H groups in total. The molecule has 1 aliphatic carbocycles. The highest BCUT2D eigenvalue weighted by atomic mass is 15.2. The van der Waals surface area contributed by atoms with E-state index >= 15 is 0 Å². The maximum Gasteiger partial charge on any atom is 0.134 e. The second kappa shape index (κ2) is 4.49. The summed E-state index contributed by atoms with van der Waals surface area (Å²) in [6, 6.07) is 12.0. The monoisotopic (exact) mass is 253 g/mol. The Labute approximate surface area is 113 Å². The molecule has 1 saturated carbocycles. The number of anilines is 1. The lowest BCUT2D eigenvalue weighted by atomic mass is 10.1. The molecule has 0 spiro atoms. The Kier molecular flexibility index (Phi) is 2.66.